The number of carbonyl (C=O) groups excluding carboxylic acids is 1. The first kappa shape index (κ1) is 17.2. The molecule has 0 aliphatic heterocycles. The van der Waals surface area contributed by atoms with Crippen molar-refractivity contribution in [1.82, 2.24) is 10.2 Å². The van der Waals surface area contributed by atoms with Crippen molar-refractivity contribution in [2.75, 3.05) is 7.05 Å². The molecule has 0 fully saturated rings. The van der Waals surface area contributed by atoms with Gasteiger partial charge in [0.15, 0.2) is 0 Å². The van der Waals surface area contributed by atoms with Gasteiger partial charge in [-0.3, -0.25) is 9.69 Å². The number of halogens is 1. The van der Waals surface area contributed by atoms with Crippen LogP contribution in [0.3, 0.4) is 0 Å². The van der Waals surface area contributed by atoms with Gasteiger partial charge in [0.2, 0.25) is 5.91 Å². The van der Waals surface area contributed by atoms with E-state index in [2.05, 4.69) is 5.32 Å². The number of hydrogen-bond acceptors (Lipinski definition) is 2. The zero-order valence-electron chi connectivity index (χ0n) is 13.8. The highest BCUT2D eigenvalue weighted by atomic mass is 19.1. The SMILES string of the molecule is CC(NC(=O)C(C)N(C)Cc1ccccc1F)c1ccccc1. The fourth-order valence-electron chi connectivity index (χ4n) is 2.39. The number of nitrogens with zero attached hydrogens (tertiary/aromatic N) is 1. The second kappa shape index (κ2) is 7.88. The third kappa shape index (κ3) is 4.63. The number of amides is 1. The van der Waals surface area contributed by atoms with E-state index in [1.807, 2.05) is 56.1 Å². The molecule has 1 N–H and O–H groups in total. The summed E-state index contributed by atoms with van der Waals surface area (Å²) >= 11 is 0. The van der Waals surface area contributed by atoms with Crippen molar-refractivity contribution in [2.24, 2.45) is 0 Å². The Labute approximate surface area is 137 Å². The van der Waals surface area contributed by atoms with Gasteiger partial charge in [0.25, 0.3) is 0 Å². The lowest BCUT2D eigenvalue weighted by Crippen LogP contribution is -2.43. The molecule has 122 valence electrons. The maximum Gasteiger partial charge on any atom is 0.237 e. The number of nitrogens with one attached hydrogen (secondary N) is 1. The summed E-state index contributed by atoms with van der Waals surface area (Å²) in [6, 6.07) is 16.0. The summed E-state index contributed by atoms with van der Waals surface area (Å²) in [5, 5.41) is 3.00. The molecule has 1 amide bonds. The molecule has 0 spiro atoms. The van der Waals surface area contributed by atoms with Crippen molar-refractivity contribution in [3.8, 4) is 0 Å². The number of likely N-dealkylation sites (N-methyl/N-ethyl adjacent to an activating group) is 1. The summed E-state index contributed by atoms with van der Waals surface area (Å²) in [5.74, 6) is -0.315. The van der Waals surface area contributed by atoms with Crippen molar-refractivity contribution in [1.29, 1.82) is 0 Å². The molecule has 3 nitrogen and oxygen atoms in total. The second-order valence-electron chi connectivity index (χ2n) is 5.82. The van der Waals surface area contributed by atoms with Crippen LogP contribution in [0.2, 0.25) is 0 Å². The highest BCUT2D eigenvalue weighted by Gasteiger charge is 2.20. The first-order chi connectivity index (χ1) is 11.0. The molecule has 2 rings (SSSR count). The molecule has 2 aromatic rings. The predicted octanol–water partition coefficient (Wildman–Crippen LogP) is 3.52. The van der Waals surface area contributed by atoms with Gasteiger partial charge in [-0.25, -0.2) is 4.39 Å². The molecular weight excluding hydrogens is 291 g/mol. The lowest BCUT2D eigenvalue weighted by atomic mass is 10.1. The van der Waals surface area contributed by atoms with Crippen molar-refractivity contribution in [3.63, 3.8) is 0 Å². The van der Waals surface area contributed by atoms with Crippen molar-refractivity contribution >= 4 is 5.91 Å². The highest BCUT2D eigenvalue weighted by Crippen LogP contribution is 2.14. The smallest absolute Gasteiger partial charge is 0.237 e. The van der Waals surface area contributed by atoms with Crippen molar-refractivity contribution in [3.05, 3.63) is 71.5 Å². The van der Waals surface area contributed by atoms with Crippen molar-refractivity contribution < 1.29 is 9.18 Å². The Morgan fingerprint density at radius 3 is 2.35 bits per heavy atom. The Bertz CT molecular complexity index is 645. The normalized spacial score (nSPS) is 13.6. The van der Waals surface area contributed by atoms with Crippen LogP contribution in [0.4, 0.5) is 4.39 Å². The van der Waals surface area contributed by atoms with E-state index in [-0.39, 0.29) is 23.8 Å². The molecule has 0 saturated carbocycles. The lowest BCUT2D eigenvalue weighted by Gasteiger charge is -2.26. The summed E-state index contributed by atoms with van der Waals surface area (Å²) in [6.07, 6.45) is 0. The van der Waals surface area contributed by atoms with E-state index in [1.165, 1.54) is 6.07 Å². The molecule has 2 unspecified atom stereocenters. The number of benzene rings is 2. The molecule has 0 aromatic heterocycles. The third-order valence-corrected chi connectivity index (χ3v) is 4.08. The van der Waals surface area contributed by atoms with Gasteiger partial charge in [-0.1, -0.05) is 48.5 Å². The van der Waals surface area contributed by atoms with E-state index < -0.39 is 0 Å². The second-order valence-corrected chi connectivity index (χ2v) is 5.82. The van der Waals surface area contributed by atoms with E-state index in [1.54, 1.807) is 18.2 Å². The van der Waals surface area contributed by atoms with E-state index in [0.717, 1.165) is 5.56 Å². The number of carbonyl (C=O) groups is 1. The predicted molar refractivity (Wildman–Crippen MR) is 90.3 cm³/mol. The third-order valence-electron chi connectivity index (χ3n) is 4.08. The Morgan fingerprint density at radius 1 is 1.09 bits per heavy atom. The fraction of sp³-hybridized carbons (Fsp3) is 0.316. The van der Waals surface area contributed by atoms with E-state index in [0.29, 0.717) is 12.1 Å². The fourth-order valence-corrected chi connectivity index (χ4v) is 2.39. The monoisotopic (exact) mass is 314 g/mol. The van der Waals surface area contributed by atoms with Gasteiger partial charge in [0.1, 0.15) is 5.82 Å². The minimum absolute atomic E-state index is 0.0620. The minimum Gasteiger partial charge on any atom is -0.348 e. The minimum atomic E-state index is -0.347. The van der Waals surface area contributed by atoms with Gasteiger partial charge in [0.05, 0.1) is 12.1 Å². The first-order valence-corrected chi connectivity index (χ1v) is 7.78. The molecule has 0 aliphatic carbocycles. The summed E-state index contributed by atoms with van der Waals surface area (Å²) in [6.45, 7) is 4.17. The number of rotatable bonds is 6. The lowest BCUT2D eigenvalue weighted by molar-refractivity contribution is -0.126. The van der Waals surface area contributed by atoms with Gasteiger partial charge in [-0.2, -0.15) is 0 Å². The highest BCUT2D eigenvalue weighted by molar-refractivity contribution is 5.81. The van der Waals surface area contributed by atoms with Crippen LogP contribution in [-0.2, 0) is 11.3 Å². The van der Waals surface area contributed by atoms with E-state index in [9.17, 15) is 9.18 Å². The van der Waals surface area contributed by atoms with Crippen LogP contribution in [-0.4, -0.2) is 23.9 Å². The van der Waals surface area contributed by atoms with Crippen LogP contribution in [0.5, 0.6) is 0 Å². The van der Waals surface area contributed by atoms with Gasteiger partial charge >= 0.3 is 0 Å². The van der Waals surface area contributed by atoms with Crippen LogP contribution in [0.1, 0.15) is 31.0 Å². The quantitative estimate of drug-likeness (QED) is 0.885. The molecule has 0 bridgehead atoms. The Balaban J connectivity index is 1.95. The van der Waals surface area contributed by atoms with E-state index >= 15 is 0 Å². The topological polar surface area (TPSA) is 32.3 Å². The van der Waals surface area contributed by atoms with Gasteiger partial charge in [0, 0.05) is 12.1 Å². The van der Waals surface area contributed by atoms with Crippen LogP contribution in [0.15, 0.2) is 54.6 Å². The molecule has 0 heterocycles. The Hall–Kier alpha value is -2.20. The molecular formula is C19H23FN2O. The molecule has 0 radical (unpaired) electrons. The molecule has 2 aromatic carbocycles. The number of hydrogen-bond donors (Lipinski definition) is 1. The molecule has 4 heteroatoms. The van der Waals surface area contributed by atoms with Crippen LogP contribution >= 0.6 is 0 Å². The van der Waals surface area contributed by atoms with Crippen LogP contribution in [0, 0.1) is 5.82 Å². The Morgan fingerprint density at radius 2 is 1.70 bits per heavy atom. The molecule has 0 aliphatic rings. The zero-order chi connectivity index (χ0) is 16.8. The molecule has 0 saturated heterocycles. The maximum atomic E-state index is 13.7. The average Bonchev–Trinajstić information content (AvgIpc) is 2.56. The summed E-state index contributed by atoms with van der Waals surface area (Å²) in [7, 11) is 1.82. The summed E-state index contributed by atoms with van der Waals surface area (Å²) in [5.41, 5.74) is 1.65. The molecule has 2 atom stereocenters. The van der Waals surface area contributed by atoms with Gasteiger partial charge in [-0.05, 0) is 32.5 Å². The van der Waals surface area contributed by atoms with Crippen molar-refractivity contribution in [2.45, 2.75) is 32.5 Å². The summed E-state index contributed by atoms with van der Waals surface area (Å²) in [4.78, 5) is 14.2. The standard InChI is InChI=1S/C19H23FN2O/c1-14(16-9-5-4-6-10-16)21-19(23)15(2)22(3)13-17-11-7-8-12-18(17)20/h4-12,14-15H,13H2,1-3H3,(H,21,23). The average molecular weight is 314 g/mol. The largest absolute Gasteiger partial charge is 0.348 e. The zero-order valence-corrected chi connectivity index (χ0v) is 13.8. The van der Waals surface area contributed by atoms with Gasteiger partial charge in [-0.15, -0.1) is 0 Å². The van der Waals surface area contributed by atoms with E-state index in [4.69, 9.17) is 0 Å². The summed E-state index contributed by atoms with van der Waals surface area (Å²) < 4.78 is 13.7. The van der Waals surface area contributed by atoms with Crippen LogP contribution in [0.25, 0.3) is 0 Å². The van der Waals surface area contributed by atoms with Gasteiger partial charge < -0.3 is 5.32 Å². The maximum absolute atomic E-state index is 13.7. The van der Waals surface area contributed by atoms with Crippen LogP contribution < -0.4 is 5.32 Å². The first-order valence-electron chi connectivity index (χ1n) is 7.78. The Kier molecular flexibility index (Phi) is 5.88. The molecule has 23 heavy (non-hydrogen) atoms.